The quantitative estimate of drug-likeness (QED) is 0.358. The lowest BCUT2D eigenvalue weighted by Gasteiger charge is -2.30. The minimum absolute atomic E-state index is 0.0418. The highest BCUT2D eigenvalue weighted by Crippen LogP contribution is 2.45. The van der Waals surface area contributed by atoms with Crippen LogP contribution in [0.5, 0.6) is 5.75 Å². The number of ether oxygens (including phenoxy) is 2. The first-order valence-electron chi connectivity index (χ1n) is 9.49. The zero-order valence-corrected chi connectivity index (χ0v) is 17.2. The first kappa shape index (κ1) is 22.2. The summed E-state index contributed by atoms with van der Waals surface area (Å²) in [6, 6.07) is 17.1. The molecule has 0 saturated carbocycles. The molecule has 2 aromatic carbocycles. The Morgan fingerprint density at radius 3 is 2.30 bits per heavy atom. The molecule has 0 fully saturated rings. The Labute approximate surface area is 178 Å². The van der Waals surface area contributed by atoms with Crippen LogP contribution in [0.2, 0.25) is 0 Å². The fourth-order valence-corrected chi connectivity index (χ4v) is 3.22. The van der Waals surface area contributed by atoms with Crippen LogP contribution < -0.4 is 4.74 Å². The lowest BCUT2D eigenvalue weighted by molar-refractivity contribution is -0.179. The predicted molar refractivity (Wildman–Crippen MR) is 109 cm³/mol. The second kappa shape index (κ2) is 9.58. The van der Waals surface area contributed by atoms with Crippen LogP contribution in [0.4, 0.5) is 13.2 Å². The van der Waals surface area contributed by atoms with E-state index in [-0.39, 0.29) is 12.2 Å². The van der Waals surface area contributed by atoms with Crippen LogP contribution in [-0.2, 0) is 22.6 Å². The molecule has 0 amide bonds. The lowest BCUT2D eigenvalue weighted by atomic mass is 9.98. The smallest absolute Gasteiger partial charge is 0.413 e. The summed E-state index contributed by atoms with van der Waals surface area (Å²) < 4.78 is 57.4. The van der Waals surface area contributed by atoms with E-state index in [1.165, 1.54) is 30.5 Å². The summed E-state index contributed by atoms with van der Waals surface area (Å²) in [5.41, 5.74) is 1.62. The fraction of sp³-hybridized carbons (Fsp3) is 0.304. The summed E-state index contributed by atoms with van der Waals surface area (Å²) in [5.74, 6) is 1.19. The first-order valence-corrected chi connectivity index (χ1v) is 9.86. The topological polar surface area (TPSA) is 31.6 Å². The van der Waals surface area contributed by atoms with Gasteiger partial charge in [0.05, 0.1) is 26.1 Å². The molecule has 1 aromatic heterocycles. The van der Waals surface area contributed by atoms with Gasteiger partial charge in [-0.3, -0.25) is 0 Å². The molecule has 0 bridgehead atoms. The molecule has 0 N–H and O–H groups in total. The molecule has 3 aromatic rings. The minimum atomic E-state index is -4.70. The van der Waals surface area contributed by atoms with Gasteiger partial charge in [0, 0.05) is 12.0 Å². The predicted octanol–water partition coefficient (Wildman–Crippen LogP) is 6.48. The molecule has 0 saturated heterocycles. The van der Waals surface area contributed by atoms with E-state index in [0.29, 0.717) is 30.1 Å². The summed E-state index contributed by atoms with van der Waals surface area (Å²) in [4.78, 5) is -2.66. The maximum absolute atomic E-state index is 13.7. The van der Waals surface area contributed by atoms with E-state index < -0.39 is 17.7 Å². The van der Waals surface area contributed by atoms with E-state index in [2.05, 4.69) is 0 Å². The minimum Gasteiger partial charge on any atom is -0.494 e. The molecule has 3 nitrogen and oxygen atoms in total. The van der Waals surface area contributed by atoms with Gasteiger partial charge in [0.1, 0.15) is 11.5 Å². The summed E-state index contributed by atoms with van der Waals surface area (Å²) >= 11 is 6.03. The molecule has 3 rings (SSSR count). The van der Waals surface area contributed by atoms with Gasteiger partial charge < -0.3 is 13.9 Å². The van der Waals surface area contributed by atoms with E-state index >= 15 is 0 Å². The normalized spacial score (nSPS) is 13.8. The highest BCUT2D eigenvalue weighted by atomic mass is 35.5. The molecule has 160 valence electrons. The van der Waals surface area contributed by atoms with E-state index in [0.717, 1.165) is 5.56 Å². The van der Waals surface area contributed by atoms with Crippen molar-refractivity contribution in [3.05, 3.63) is 89.4 Å². The van der Waals surface area contributed by atoms with Crippen LogP contribution in [0.15, 0.2) is 71.3 Å². The Bertz CT molecular complexity index is 923. The molecule has 7 heteroatoms. The van der Waals surface area contributed by atoms with E-state index in [1.807, 2.05) is 30.3 Å². The third-order valence-corrected chi connectivity index (χ3v) is 5.11. The summed E-state index contributed by atoms with van der Waals surface area (Å²) in [6.07, 6.45) is -2.62. The van der Waals surface area contributed by atoms with Crippen molar-refractivity contribution in [3.63, 3.8) is 0 Å². The number of furan rings is 1. The van der Waals surface area contributed by atoms with Crippen molar-refractivity contribution < 1.29 is 27.1 Å². The second-order valence-corrected chi connectivity index (χ2v) is 7.48. The number of benzene rings is 2. The van der Waals surface area contributed by atoms with Crippen LogP contribution in [0, 0.1) is 0 Å². The van der Waals surface area contributed by atoms with Crippen LogP contribution in [0.1, 0.15) is 29.4 Å². The van der Waals surface area contributed by atoms with Gasteiger partial charge in [-0.1, -0.05) is 42.5 Å². The highest BCUT2D eigenvalue weighted by molar-refractivity contribution is 6.24. The average molecular weight is 439 g/mol. The molecule has 1 heterocycles. The third kappa shape index (κ3) is 5.37. The van der Waals surface area contributed by atoms with Crippen molar-refractivity contribution in [2.24, 2.45) is 0 Å². The van der Waals surface area contributed by atoms with Crippen molar-refractivity contribution in [3.8, 4) is 5.75 Å². The molecular formula is C23H22ClF3O3. The van der Waals surface area contributed by atoms with Crippen molar-refractivity contribution in [2.75, 3.05) is 13.2 Å². The molecule has 0 aliphatic heterocycles. The number of rotatable bonds is 9. The van der Waals surface area contributed by atoms with Crippen LogP contribution in [0.3, 0.4) is 0 Å². The SMILES string of the molecule is CCOc1ccc(C(Cl)(COCc2coc(Cc3ccccc3)c2)C(F)(F)F)cc1. The second-order valence-electron chi connectivity index (χ2n) is 6.83. The van der Waals surface area contributed by atoms with Crippen molar-refractivity contribution in [1.29, 1.82) is 0 Å². The Morgan fingerprint density at radius 2 is 1.67 bits per heavy atom. The summed E-state index contributed by atoms with van der Waals surface area (Å²) in [7, 11) is 0. The molecule has 0 aliphatic rings. The van der Waals surface area contributed by atoms with Gasteiger partial charge in [-0.05, 0) is 36.2 Å². The number of alkyl halides is 4. The lowest BCUT2D eigenvalue weighted by Crippen LogP contribution is -2.41. The molecule has 0 aliphatic carbocycles. The zero-order valence-electron chi connectivity index (χ0n) is 16.4. The Morgan fingerprint density at radius 1 is 0.967 bits per heavy atom. The number of halogens is 4. The number of hydrogen-bond acceptors (Lipinski definition) is 3. The highest BCUT2D eigenvalue weighted by Gasteiger charge is 2.55. The Balaban J connectivity index is 1.64. The first-order chi connectivity index (χ1) is 14.3. The zero-order chi connectivity index (χ0) is 21.6. The van der Waals surface area contributed by atoms with Crippen molar-refractivity contribution in [2.45, 2.75) is 31.0 Å². The van der Waals surface area contributed by atoms with Gasteiger partial charge in [0.25, 0.3) is 0 Å². The Hall–Kier alpha value is -2.44. The van der Waals surface area contributed by atoms with E-state index in [9.17, 15) is 13.2 Å². The van der Waals surface area contributed by atoms with Crippen LogP contribution in [0.25, 0.3) is 0 Å². The molecule has 0 radical (unpaired) electrons. The van der Waals surface area contributed by atoms with E-state index in [4.69, 9.17) is 25.5 Å². The largest absolute Gasteiger partial charge is 0.494 e. The maximum atomic E-state index is 13.7. The summed E-state index contributed by atoms with van der Waals surface area (Å²) in [6.45, 7) is 1.44. The van der Waals surface area contributed by atoms with Gasteiger partial charge >= 0.3 is 6.18 Å². The van der Waals surface area contributed by atoms with Crippen LogP contribution >= 0.6 is 11.6 Å². The van der Waals surface area contributed by atoms with Gasteiger partial charge in [-0.15, -0.1) is 11.6 Å². The van der Waals surface area contributed by atoms with Crippen molar-refractivity contribution >= 4 is 11.6 Å². The maximum Gasteiger partial charge on any atom is 0.413 e. The van der Waals surface area contributed by atoms with E-state index in [1.54, 1.807) is 13.0 Å². The standard InChI is InChI=1S/C23H22ClF3O3/c1-2-29-20-10-8-19(9-11-20)22(24,23(25,26)27)16-28-14-18-13-21(30-15-18)12-17-6-4-3-5-7-17/h3-11,13,15H,2,12,14,16H2,1H3. The van der Waals surface area contributed by atoms with Gasteiger partial charge in [0.15, 0.2) is 4.87 Å². The summed E-state index contributed by atoms with van der Waals surface area (Å²) in [5, 5.41) is 0. The molecular weight excluding hydrogens is 417 g/mol. The molecule has 1 unspecified atom stereocenters. The van der Waals surface area contributed by atoms with Gasteiger partial charge in [-0.2, -0.15) is 13.2 Å². The molecule has 1 atom stereocenters. The molecule has 30 heavy (non-hydrogen) atoms. The van der Waals surface area contributed by atoms with Crippen molar-refractivity contribution in [1.82, 2.24) is 0 Å². The molecule has 0 spiro atoms. The Kier molecular flexibility index (Phi) is 7.10. The van der Waals surface area contributed by atoms with Gasteiger partial charge in [-0.25, -0.2) is 0 Å². The fourth-order valence-electron chi connectivity index (χ4n) is 3.01. The van der Waals surface area contributed by atoms with Gasteiger partial charge in [0.2, 0.25) is 0 Å². The average Bonchev–Trinajstić information content (AvgIpc) is 3.15. The van der Waals surface area contributed by atoms with Crippen LogP contribution in [-0.4, -0.2) is 19.4 Å². The monoisotopic (exact) mass is 438 g/mol. The number of hydrogen-bond donors (Lipinski definition) is 0. The third-order valence-electron chi connectivity index (χ3n) is 4.57.